The van der Waals surface area contributed by atoms with Gasteiger partial charge in [-0.25, -0.2) is 0 Å². The van der Waals surface area contributed by atoms with Gasteiger partial charge >= 0.3 is 5.97 Å². The first kappa shape index (κ1) is 17.9. The van der Waals surface area contributed by atoms with Crippen LogP contribution in [0.2, 0.25) is 0 Å². The second-order valence-corrected chi connectivity index (χ2v) is 6.25. The van der Waals surface area contributed by atoms with Crippen molar-refractivity contribution in [2.24, 2.45) is 0 Å². The molecule has 0 saturated carbocycles. The lowest BCUT2D eigenvalue weighted by Crippen LogP contribution is -2.06. The molecule has 3 nitrogen and oxygen atoms in total. The Morgan fingerprint density at radius 1 is 1.00 bits per heavy atom. The van der Waals surface area contributed by atoms with Crippen LogP contribution in [0.3, 0.4) is 0 Å². The van der Waals surface area contributed by atoms with Crippen molar-refractivity contribution < 1.29 is 9.53 Å². The molecule has 0 fully saturated rings. The van der Waals surface area contributed by atoms with E-state index in [0.717, 1.165) is 11.1 Å². The van der Waals surface area contributed by atoms with Gasteiger partial charge in [0.1, 0.15) is 0 Å². The molecule has 0 aliphatic heterocycles. The summed E-state index contributed by atoms with van der Waals surface area (Å²) in [4.78, 5) is 15.6. The normalized spacial score (nSPS) is 10.5. The fourth-order valence-corrected chi connectivity index (χ4v) is 3.06. The summed E-state index contributed by atoms with van der Waals surface area (Å²) in [6, 6.07) is 18.8. The number of nitrogens with zero attached hydrogens (tertiary/aromatic N) is 1. The smallest absolute Gasteiger partial charge is 0.305 e. The Bertz CT molecular complexity index is 888. The molecule has 2 aromatic carbocycles. The minimum atomic E-state index is -0.153. The van der Waals surface area contributed by atoms with Gasteiger partial charge in [-0.15, -0.1) is 0 Å². The second-order valence-electron chi connectivity index (χ2n) is 6.25. The van der Waals surface area contributed by atoms with E-state index in [1.165, 1.54) is 22.3 Å². The van der Waals surface area contributed by atoms with Gasteiger partial charge in [-0.3, -0.25) is 9.78 Å². The fraction of sp³-hybridized carbons (Fsp3) is 0.217. The standard InChI is InChI=1S/C23H23NO2/c1-3-23(25)26-14-12-18-7-4-5-9-22(18)21-11-10-19(15-17(21)2)20-8-6-13-24-16-20/h4-11,13,15-16H,3,12,14H2,1-2H3. The summed E-state index contributed by atoms with van der Waals surface area (Å²) < 4.78 is 5.25. The Morgan fingerprint density at radius 3 is 2.58 bits per heavy atom. The highest BCUT2D eigenvalue weighted by atomic mass is 16.5. The lowest BCUT2D eigenvalue weighted by atomic mass is 9.92. The van der Waals surface area contributed by atoms with Gasteiger partial charge in [0.05, 0.1) is 6.61 Å². The molecule has 0 atom stereocenters. The van der Waals surface area contributed by atoms with Gasteiger partial charge in [0, 0.05) is 25.2 Å². The number of carbonyl (C=O) groups excluding carboxylic acids is 1. The highest BCUT2D eigenvalue weighted by Gasteiger charge is 2.09. The van der Waals surface area contributed by atoms with Crippen LogP contribution in [0.15, 0.2) is 67.0 Å². The van der Waals surface area contributed by atoms with E-state index in [4.69, 9.17) is 4.74 Å². The van der Waals surface area contributed by atoms with E-state index in [-0.39, 0.29) is 5.97 Å². The monoisotopic (exact) mass is 345 g/mol. The van der Waals surface area contributed by atoms with Crippen LogP contribution in [0.1, 0.15) is 24.5 Å². The Morgan fingerprint density at radius 2 is 1.85 bits per heavy atom. The Labute approximate surface area is 154 Å². The van der Waals surface area contributed by atoms with E-state index >= 15 is 0 Å². The number of hydrogen-bond acceptors (Lipinski definition) is 3. The van der Waals surface area contributed by atoms with Gasteiger partial charge in [0.15, 0.2) is 0 Å². The quantitative estimate of drug-likeness (QED) is 0.575. The highest BCUT2D eigenvalue weighted by Crippen LogP contribution is 2.30. The van der Waals surface area contributed by atoms with E-state index in [1.54, 1.807) is 6.20 Å². The van der Waals surface area contributed by atoms with Crippen LogP contribution < -0.4 is 0 Å². The molecule has 0 aliphatic rings. The minimum Gasteiger partial charge on any atom is -0.465 e. The maximum absolute atomic E-state index is 11.4. The largest absolute Gasteiger partial charge is 0.465 e. The number of aryl methyl sites for hydroxylation is 1. The molecule has 3 rings (SSSR count). The van der Waals surface area contributed by atoms with Gasteiger partial charge in [-0.1, -0.05) is 55.5 Å². The van der Waals surface area contributed by atoms with Crippen LogP contribution in [0.4, 0.5) is 0 Å². The molecule has 0 spiro atoms. The third-order valence-corrected chi connectivity index (χ3v) is 4.45. The summed E-state index contributed by atoms with van der Waals surface area (Å²) in [5.74, 6) is -0.153. The van der Waals surface area contributed by atoms with E-state index in [2.05, 4.69) is 48.3 Å². The summed E-state index contributed by atoms with van der Waals surface area (Å²) in [5, 5.41) is 0. The molecule has 0 radical (unpaired) electrons. The number of carbonyl (C=O) groups is 1. The van der Waals surface area contributed by atoms with Crippen molar-refractivity contribution in [2.75, 3.05) is 6.61 Å². The van der Waals surface area contributed by atoms with Crippen molar-refractivity contribution in [3.63, 3.8) is 0 Å². The number of rotatable bonds is 6. The van der Waals surface area contributed by atoms with E-state index in [1.807, 2.05) is 31.3 Å². The van der Waals surface area contributed by atoms with Crippen LogP contribution >= 0.6 is 0 Å². The number of esters is 1. The molecule has 0 bridgehead atoms. The van der Waals surface area contributed by atoms with E-state index < -0.39 is 0 Å². The first-order valence-electron chi connectivity index (χ1n) is 8.94. The zero-order chi connectivity index (χ0) is 18.4. The third-order valence-electron chi connectivity index (χ3n) is 4.45. The van der Waals surface area contributed by atoms with Crippen molar-refractivity contribution in [1.29, 1.82) is 0 Å². The van der Waals surface area contributed by atoms with Crippen molar-refractivity contribution in [1.82, 2.24) is 4.98 Å². The summed E-state index contributed by atoms with van der Waals surface area (Å²) in [6.07, 6.45) is 4.79. The SMILES string of the molecule is CCC(=O)OCCc1ccccc1-c1ccc(-c2cccnc2)cc1C. The molecule has 0 aliphatic carbocycles. The molecule has 0 saturated heterocycles. The predicted octanol–water partition coefficient (Wildman–Crippen LogP) is 5.22. The molecule has 1 heterocycles. The molecule has 1 aromatic heterocycles. The highest BCUT2D eigenvalue weighted by molar-refractivity contribution is 5.75. The number of hydrogen-bond donors (Lipinski definition) is 0. The molecule has 132 valence electrons. The number of pyridine rings is 1. The van der Waals surface area contributed by atoms with Crippen molar-refractivity contribution in [3.05, 3.63) is 78.1 Å². The number of ether oxygens (including phenoxy) is 1. The van der Waals surface area contributed by atoms with E-state index in [9.17, 15) is 4.79 Å². The molecule has 0 unspecified atom stereocenters. The van der Waals surface area contributed by atoms with Gasteiger partial charge in [0.25, 0.3) is 0 Å². The van der Waals surface area contributed by atoms with Crippen LogP contribution in [0.25, 0.3) is 22.3 Å². The van der Waals surface area contributed by atoms with E-state index in [0.29, 0.717) is 19.4 Å². The van der Waals surface area contributed by atoms with Crippen LogP contribution in [0.5, 0.6) is 0 Å². The maximum Gasteiger partial charge on any atom is 0.305 e. The van der Waals surface area contributed by atoms with Crippen LogP contribution in [-0.2, 0) is 16.0 Å². The molecular formula is C23H23NO2. The number of benzene rings is 2. The Hall–Kier alpha value is -2.94. The maximum atomic E-state index is 11.4. The van der Waals surface area contributed by atoms with Crippen molar-refractivity contribution in [2.45, 2.75) is 26.7 Å². The molecular weight excluding hydrogens is 322 g/mol. The zero-order valence-corrected chi connectivity index (χ0v) is 15.2. The third kappa shape index (κ3) is 4.17. The molecule has 26 heavy (non-hydrogen) atoms. The van der Waals surface area contributed by atoms with Crippen LogP contribution in [-0.4, -0.2) is 17.6 Å². The molecule has 0 amide bonds. The first-order chi connectivity index (χ1) is 12.7. The van der Waals surface area contributed by atoms with Crippen molar-refractivity contribution >= 4 is 5.97 Å². The predicted molar refractivity (Wildman–Crippen MR) is 105 cm³/mol. The number of aromatic nitrogens is 1. The Balaban J connectivity index is 1.86. The van der Waals surface area contributed by atoms with Crippen LogP contribution in [0, 0.1) is 6.92 Å². The average Bonchev–Trinajstić information content (AvgIpc) is 2.69. The van der Waals surface area contributed by atoms with Gasteiger partial charge < -0.3 is 4.74 Å². The molecule has 3 heteroatoms. The van der Waals surface area contributed by atoms with Gasteiger partial charge in [-0.2, -0.15) is 0 Å². The topological polar surface area (TPSA) is 39.2 Å². The lowest BCUT2D eigenvalue weighted by Gasteiger charge is -2.14. The first-order valence-corrected chi connectivity index (χ1v) is 8.94. The fourth-order valence-electron chi connectivity index (χ4n) is 3.06. The summed E-state index contributed by atoms with van der Waals surface area (Å²) in [5.41, 5.74) is 7.07. The lowest BCUT2D eigenvalue weighted by molar-refractivity contribution is -0.143. The summed E-state index contributed by atoms with van der Waals surface area (Å²) in [6.45, 7) is 4.35. The minimum absolute atomic E-state index is 0.153. The molecule has 0 N–H and O–H groups in total. The van der Waals surface area contributed by atoms with Gasteiger partial charge in [-0.05, 0) is 46.4 Å². The van der Waals surface area contributed by atoms with Gasteiger partial charge in [0.2, 0.25) is 0 Å². The second kappa shape index (κ2) is 8.43. The zero-order valence-electron chi connectivity index (χ0n) is 15.2. The molecule has 3 aromatic rings. The summed E-state index contributed by atoms with van der Waals surface area (Å²) in [7, 11) is 0. The Kier molecular flexibility index (Phi) is 5.80. The average molecular weight is 345 g/mol. The van der Waals surface area contributed by atoms with Crippen molar-refractivity contribution in [3.8, 4) is 22.3 Å². The summed E-state index contributed by atoms with van der Waals surface area (Å²) >= 11 is 0.